The second kappa shape index (κ2) is 5.64. The van der Waals surface area contributed by atoms with Crippen molar-refractivity contribution in [3.8, 4) is 0 Å². The molecule has 1 aliphatic rings. The highest BCUT2D eigenvalue weighted by Crippen LogP contribution is 2.26. The normalized spacial score (nSPS) is 13.4. The first-order chi connectivity index (χ1) is 7.58. The largest absolute Gasteiger partial charge is 0.323 e. The molecular weight excluding hydrogens is 205 g/mol. The molecule has 0 fully saturated rings. The van der Waals surface area contributed by atoms with Gasteiger partial charge in [-0.2, -0.15) is 0 Å². The minimum Gasteiger partial charge on any atom is -0.323 e. The van der Waals surface area contributed by atoms with Gasteiger partial charge in [0.15, 0.2) is 0 Å². The quantitative estimate of drug-likeness (QED) is 0.717. The summed E-state index contributed by atoms with van der Waals surface area (Å²) in [5.41, 5.74) is 2.16. The van der Waals surface area contributed by atoms with Crippen LogP contribution in [-0.2, 0) is 11.2 Å². The number of rotatable bonds is 0. The number of halogens is 1. The summed E-state index contributed by atoms with van der Waals surface area (Å²) < 4.78 is 13.3. The van der Waals surface area contributed by atoms with Crippen LogP contribution in [0.5, 0.6) is 0 Å². The number of hydrogen-bond acceptors (Lipinski definition) is 1. The summed E-state index contributed by atoms with van der Waals surface area (Å²) in [5, 5.41) is 2.54. The summed E-state index contributed by atoms with van der Waals surface area (Å²) in [4.78, 5) is 11.0. The molecule has 2 nitrogen and oxygen atoms in total. The van der Waals surface area contributed by atoms with E-state index in [2.05, 4.69) is 19.2 Å². The summed E-state index contributed by atoms with van der Waals surface area (Å²) in [5.74, 6) is -0.432. The Morgan fingerprint density at radius 1 is 1.38 bits per heavy atom. The lowest BCUT2D eigenvalue weighted by Crippen LogP contribution is -2.20. The van der Waals surface area contributed by atoms with Crippen molar-refractivity contribution < 1.29 is 10.6 Å². The predicted octanol–water partition coefficient (Wildman–Crippen LogP) is 3.68. The van der Waals surface area contributed by atoms with E-state index in [4.69, 9.17) is 0 Å². The second-order valence-electron chi connectivity index (χ2n) is 4.04. The fraction of sp³-hybridized carbons (Fsp3) is 0.462. The van der Waals surface area contributed by atoms with Gasteiger partial charge in [0, 0.05) is 7.85 Å². The Morgan fingerprint density at radius 2 is 2.00 bits per heavy atom. The van der Waals surface area contributed by atoms with Crippen LogP contribution in [-0.4, -0.2) is 5.91 Å². The smallest absolute Gasteiger partial charge is 0.224 e. The fourth-order valence-corrected chi connectivity index (χ4v) is 1.60. The summed E-state index contributed by atoms with van der Waals surface area (Å²) >= 11 is 0. The number of nitrogens with one attached hydrogen (secondary N) is 1. The van der Waals surface area contributed by atoms with Crippen LogP contribution in [0, 0.1) is 12.7 Å². The Kier molecular flexibility index (Phi) is 4.47. The molecular formula is C13H20FNO. The van der Waals surface area contributed by atoms with Crippen LogP contribution in [0.4, 0.5) is 10.1 Å². The van der Waals surface area contributed by atoms with Gasteiger partial charge in [0.05, 0.1) is 5.69 Å². The van der Waals surface area contributed by atoms with E-state index < -0.39 is 0 Å². The monoisotopic (exact) mass is 225 g/mol. The lowest BCUT2D eigenvalue weighted by atomic mass is 10.0. The van der Waals surface area contributed by atoms with Gasteiger partial charge >= 0.3 is 0 Å². The molecule has 1 aromatic carbocycles. The van der Waals surface area contributed by atoms with E-state index in [9.17, 15) is 9.18 Å². The van der Waals surface area contributed by atoms with Crippen molar-refractivity contribution in [2.45, 2.75) is 40.0 Å². The van der Waals surface area contributed by atoms with Gasteiger partial charge in [-0.1, -0.05) is 26.3 Å². The third-order valence-corrected chi connectivity index (χ3v) is 2.20. The zero-order chi connectivity index (χ0) is 12.1. The van der Waals surface area contributed by atoms with Crippen molar-refractivity contribution in [2.75, 3.05) is 5.32 Å². The zero-order valence-corrected chi connectivity index (χ0v) is 10.1. The average molecular weight is 225 g/mol. The molecule has 0 aromatic heterocycles. The molecule has 0 atom stereocenters. The SMILES string of the molecule is CCC.Cc1cc(F)c2c(c1)CCC(=O)N2.[HH]. The highest BCUT2D eigenvalue weighted by molar-refractivity contribution is 5.94. The van der Waals surface area contributed by atoms with E-state index in [0.717, 1.165) is 11.1 Å². The summed E-state index contributed by atoms with van der Waals surface area (Å²) in [6, 6.07) is 3.35. The molecule has 0 unspecified atom stereocenters. The summed E-state index contributed by atoms with van der Waals surface area (Å²) in [6.07, 6.45) is 2.34. The highest BCUT2D eigenvalue weighted by Gasteiger charge is 2.18. The van der Waals surface area contributed by atoms with Gasteiger partial charge in [-0.3, -0.25) is 4.79 Å². The van der Waals surface area contributed by atoms with Crippen molar-refractivity contribution in [1.29, 1.82) is 0 Å². The van der Waals surface area contributed by atoms with Gasteiger partial charge in [-0.25, -0.2) is 4.39 Å². The molecule has 0 saturated carbocycles. The van der Waals surface area contributed by atoms with Crippen molar-refractivity contribution in [3.05, 3.63) is 29.1 Å². The summed E-state index contributed by atoms with van der Waals surface area (Å²) in [6.45, 7) is 6.10. The van der Waals surface area contributed by atoms with Crippen molar-refractivity contribution in [3.63, 3.8) is 0 Å². The maximum Gasteiger partial charge on any atom is 0.224 e. The Labute approximate surface area is 97.3 Å². The van der Waals surface area contributed by atoms with Gasteiger partial charge in [-0.15, -0.1) is 0 Å². The van der Waals surface area contributed by atoms with E-state index in [1.165, 1.54) is 12.5 Å². The molecule has 1 aliphatic heterocycles. The number of aryl methyl sites for hydroxylation is 2. The van der Waals surface area contributed by atoms with E-state index >= 15 is 0 Å². The van der Waals surface area contributed by atoms with Gasteiger partial charge in [0.25, 0.3) is 0 Å². The first kappa shape index (κ1) is 12.7. The number of benzene rings is 1. The number of carbonyl (C=O) groups excluding carboxylic acids is 1. The molecule has 1 amide bonds. The lowest BCUT2D eigenvalue weighted by Gasteiger charge is -2.17. The molecule has 0 aliphatic carbocycles. The molecule has 0 radical (unpaired) electrons. The minimum atomic E-state index is -0.331. The standard InChI is InChI=1S/C10H10FNO.C3H8.H2/c1-6-4-7-2-3-9(13)12-10(7)8(11)5-6;1-3-2;/h4-5H,2-3H2,1H3,(H,12,13);3H2,1-2H3;1H. The van der Waals surface area contributed by atoms with E-state index in [0.29, 0.717) is 18.5 Å². The minimum absolute atomic E-state index is 0. The van der Waals surface area contributed by atoms with Gasteiger partial charge in [-0.05, 0) is 30.5 Å². The number of amides is 1. The Balaban J connectivity index is 0.000000583. The molecule has 1 N–H and O–H groups in total. The van der Waals surface area contributed by atoms with Crippen LogP contribution in [0.2, 0.25) is 0 Å². The molecule has 90 valence electrons. The first-order valence-electron chi connectivity index (χ1n) is 5.67. The number of carbonyl (C=O) groups is 1. The average Bonchev–Trinajstić information content (AvgIpc) is 2.20. The zero-order valence-electron chi connectivity index (χ0n) is 10.1. The van der Waals surface area contributed by atoms with Crippen LogP contribution < -0.4 is 5.32 Å². The first-order valence-corrected chi connectivity index (χ1v) is 5.67. The van der Waals surface area contributed by atoms with Crippen LogP contribution in [0.25, 0.3) is 0 Å². The van der Waals surface area contributed by atoms with E-state index in [1.54, 1.807) is 0 Å². The number of hydrogen-bond donors (Lipinski definition) is 1. The van der Waals surface area contributed by atoms with Gasteiger partial charge in [0.2, 0.25) is 5.91 Å². The molecule has 1 heterocycles. The molecule has 0 saturated heterocycles. The van der Waals surface area contributed by atoms with Gasteiger partial charge < -0.3 is 5.32 Å². The van der Waals surface area contributed by atoms with Crippen LogP contribution in [0.1, 0.15) is 39.2 Å². The Morgan fingerprint density at radius 3 is 2.62 bits per heavy atom. The second-order valence-corrected chi connectivity index (χ2v) is 4.04. The Hall–Kier alpha value is -1.38. The maximum absolute atomic E-state index is 13.3. The summed E-state index contributed by atoms with van der Waals surface area (Å²) in [7, 11) is 0. The molecule has 16 heavy (non-hydrogen) atoms. The fourth-order valence-electron chi connectivity index (χ4n) is 1.60. The van der Waals surface area contributed by atoms with Crippen molar-refractivity contribution in [1.82, 2.24) is 0 Å². The van der Waals surface area contributed by atoms with Crippen LogP contribution in [0.3, 0.4) is 0 Å². The Bertz CT molecular complexity index is 393. The van der Waals surface area contributed by atoms with Crippen molar-refractivity contribution >= 4 is 11.6 Å². The van der Waals surface area contributed by atoms with Crippen LogP contribution in [0.15, 0.2) is 12.1 Å². The third kappa shape index (κ3) is 3.05. The number of anilines is 1. The molecule has 1 aromatic rings. The van der Waals surface area contributed by atoms with E-state index in [-0.39, 0.29) is 13.2 Å². The van der Waals surface area contributed by atoms with Crippen LogP contribution >= 0.6 is 0 Å². The van der Waals surface area contributed by atoms with Crippen molar-refractivity contribution in [2.24, 2.45) is 0 Å². The number of fused-ring (bicyclic) bond motifs is 1. The molecule has 3 heteroatoms. The topological polar surface area (TPSA) is 29.1 Å². The van der Waals surface area contributed by atoms with Gasteiger partial charge in [0.1, 0.15) is 5.82 Å². The molecule has 0 bridgehead atoms. The third-order valence-electron chi connectivity index (χ3n) is 2.20. The molecule has 0 spiro atoms. The lowest BCUT2D eigenvalue weighted by molar-refractivity contribution is -0.116. The molecule has 2 rings (SSSR count). The maximum atomic E-state index is 13.3. The predicted molar refractivity (Wildman–Crippen MR) is 66.2 cm³/mol. The highest BCUT2D eigenvalue weighted by atomic mass is 19.1. The van der Waals surface area contributed by atoms with E-state index in [1.807, 2.05) is 13.0 Å².